The molecule has 0 unspecified atom stereocenters. The standard InChI is InChI=1S/C18H20Cl2N4O2/c1-12-17(21)9-13(10-18(12)24(25)26)23-7-5-22(6-8-23)11-14-15(19)3-2-4-16(14)20/h2-4,9-10H,5-8,11,21H2,1H3. The van der Waals surface area contributed by atoms with Crippen LogP contribution >= 0.6 is 23.2 Å². The third-order valence-electron chi connectivity index (χ3n) is 4.78. The highest BCUT2D eigenvalue weighted by atomic mass is 35.5. The van der Waals surface area contributed by atoms with E-state index >= 15 is 0 Å². The maximum Gasteiger partial charge on any atom is 0.276 e. The van der Waals surface area contributed by atoms with E-state index in [2.05, 4.69) is 9.80 Å². The number of nitro groups is 1. The highest BCUT2D eigenvalue weighted by molar-refractivity contribution is 6.35. The molecule has 0 spiro atoms. The van der Waals surface area contributed by atoms with Crippen molar-refractivity contribution < 1.29 is 4.92 Å². The minimum absolute atomic E-state index is 0.0604. The summed E-state index contributed by atoms with van der Waals surface area (Å²) in [6, 6.07) is 8.93. The molecule has 0 amide bonds. The maximum absolute atomic E-state index is 11.2. The van der Waals surface area contributed by atoms with Crippen LogP contribution in [0.4, 0.5) is 17.1 Å². The quantitative estimate of drug-likeness (QED) is 0.479. The minimum atomic E-state index is -0.384. The van der Waals surface area contributed by atoms with E-state index in [9.17, 15) is 10.1 Å². The predicted octanol–water partition coefficient (Wildman–Crippen LogP) is 4.11. The van der Waals surface area contributed by atoms with Crippen molar-refractivity contribution in [3.63, 3.8) is 0 Å². The van der Waals surface area contributed by atoms with Crippen LogP contribution in [-0.4, -0.2) is 36.0 Å². The first-order chi connectivity index (χ1) is 12.4. The molecule has 138 valence electrons. The normalized spacial score (nSPS) is 15.3. The minimum Gasteiger partial charge on any atom is -0.398 e. The molecule has 0 saturated carbocycles. The Labute approximate surface area is 162 Å². The van der Waals surface area contributed by atoms with Crippen LogP contribution < -0.4 is 10.6 Å². The molecule has 0 bridgehead atoms. The van der Waals surface area contributed by atoms with Crippen molar-refractivity contribution in [1.29, 1.82) is 0 Å². The third-order valence-corrected chi connectivity index (χ3v) is 5.49. The van der Waals surface area contributed by atoms with Gasteiger partial charge in [0.2, 0.25) is 0 Å². The number of nitrogens with two attached hydrogens (primary N) is 1. The number of hydrogen-bond acceptors (Lipinski definition) is 5. The average Bonchev–Trinajstić information content (AvgIpc) is 2.61. The lowest BCUT2D eigenvalue weighted by molar-refractivity contribution is -0.385. The van der Waals surface area contributed by atoms with Gasteiger partial charge in [-0.3, -0.25) is 15.0 Å². The van der Waals surface area contributed by atoms with Crippen molar-refractivity contribution >= 4 is 40.3 Å². The van der Waals surface area contributed by atoms with Crippen LogP contribution in [0, 0.1) is 17.0 Å². The van der Waals surface area contributed by atoms with Crippen LogP contribution in [-0.2, 0) is 6.54 Å². The number of rotatable bonds is 4. The van der Waals surface area contributed by atoms with Gasteiger partial charge in [0.1, 0.15) is 0 Å². The molecule has 3 rings (SSSR count). The summed E-state index contributed by atoms with van der Waals surface area (Å²) in [4.78, 5) is 15.2. The lowest BCUT2D eigenvalue weighted by atomic mass is 10.1. The van der Waals surface area contributed by atoms with Gasteiger partial charge in [-0.25, -0.2) is 0 Å². The molecule has 1 fully saturated rings. The Kier molecular flexibility index (Phi) is 5.55. The summed E-state index contributed by atoms with van der Waals surface area (Å²) in [5, 5.41) is 12.6. The summed E-state index contributed by atoms with van der Waals surface area (Å²) < 4.78 is 0. The van der Waals surface area contributed by atoms with Gasteiger partial charge in [-0.1, -0.05) is 29.3 Å². The Morgan fingerprint density at radius 3 is 2.35 bits per heavy atom. The van der Waals surface area contributed by atoms with Gasteiger partial charge in [-0.05, 0) is 25.1 Å². The number of nitro benzene ring substituents is 1. The number of benzene rings is 2. The molecule has 0 atom stereocenters. The van der Waals surface area contributed by atoms with Crippen LogP contribution in [0.3, 0.4) is 0 Å². The zero-order valence-corrected chi connectivity index (χ0v) is 15.9. The molecule has 1 heterocycles. The molecule has 2 N–H and O–H groups in total. The van der Waals surface area contributed by atoms with Crippen molar-refractivity contribution in [3.8, 4) is 0 Å². The fraction of sp³-hybridized carbons (Fsp3) is 0.333. The first kappa shape index (κ1) is 18.8. The second-order valence-electron chi connectivity index (χ2n) is 6.40. The molecule has 0 aliphatic carbocycles. The molecular weight excluding hydrogens is 375 g/mol. The van der Waals surface area contributed by atoms with Crippen LogP contribution in [0.25, 0.3) is 0 Å². The van der Waals surface area contributed by atoms with E-state index in [1.165, 1.54) is 0 Å². The number of anilines is 2. The third kappa shape index (κ3) is 3.87. The van der Waals surface area contributed by atoms with Gasteiger partial charge >= 0.3 is 0 Å². The Balaban J connectivity index is 1.70. The molecule has 1 saturated heterocycles. The number of piperazine rings is 1. The van der Waals surface area contributed by atoms with E-state index in [0.717, 1.165) is 37.4 Å². The summed E-state index contributed by atoms with van der Waals surface area (Å²) in [7, 11) is 0. The van der Waals surface area contributed by atoms with E-state index in [1.807, 2.05) is 24.3 Å². The molecule has 0 aromatic heterocycles. The van der Waals surface area contributed by atoms with Crippen molar-refractivity contribution in [3.05, 3.63) is 61.6 Å². The van der Waals surface area contributed by atoms with E-state index in [1.54, 1.807) is 13.0 Å². The van der Waals surface area contributed by atoms with Gasteiger partial charge in [0.25, 0.3) is 5.69 Å². The van der Waals surface area contributed by atoms with Gasteiger partial charge in [0, 0.05) is 71.3 Å². The lowest BCUT2D eigenvalue weighted by Gasteiger charge is -2.36. The maximum atomic E-state index is 11.2. The van der Waals surface area contributed by atoms with Crippen molar-refractivity contribution in [2.75, 3.05) is 36.8 Å². The Bertz CT molecular complexity index is 816. The molecule has 6 nitrogen and oxygen atoms in total. The smallest absolute Gasteiger partial charge is 0.276 e. The van der Waals surface area contributed by atoms with Gasteiger partial charge in [-0.2, -0.15) is 0 Å². The summed E-state index contributed by atoms with van der Waals surface area (Å²) in [6.07, 6.45) is 0. The Morgan fingerprint density at radius 1 is 1.15 bits per heavy atom. The molecule has 2 aromatic carbocycles. The van der Waals surface area contributed by atoms with E-state index in [0.29, 0.717) is 27.8 Å². The fourth-order valence-corrected chi connectivity index (χ4v) is 3.67. The van der Waals surface area contributed by atoms with Crippen LogP contribution in [0.5, 0.6) is 0 Å². The van der Waals surface area contributed by atoms with Crippen LogP contribution in [0.15, 0.2) is 30.3 Å². The van der Waals surface area contributed by atoms with E-state index in [4.69, 9.17) is 28.9 Å². The molecular formula is C18H20Cl2N4O2. The summed E-state index contributed by atoms with van der Waals surface area (Å²) in [5.74, 6) is 0. The highest BCUT2D eigenvalue weighted by Crippen LogP contribution is 2.31. The zero-order valence-electron chi connectivity index (χ0n) is 14.4. The molecule has 26 heavy (non-hydrogen) atoms. The number of nitrogens with zero attached hydrogens (tertiary/aromatic N) is 3. The topological polar surface area (TPSA) is 75.6 Å². The monoisotopic (exact) mass is 394 g/mol. The van der Waals surface area contributed by atoms with Crippen LogP contribution in [0.2, 0.25) is 10.0 Å². The fourth-order valence-electron chi connectivity index (χ4n) is 3.15. The summed E-state index contributed by atoms with van der Waals surface area (Å²) >= 11 is 12.5. The van der Waals surface area contributed by atoms with Crippen molar-refractivity contribution in [1.82, 2.24) is 4.90 Å². The largest absolute Gasteiger partial charge is 0.398 e. The zero-order chi connectivity index (χ0) is 18.8. The van der Waals surface area contributed by atoms with Gasteiger partial charge in [0.05, 0.1) is 4.92 Å². The molecule has 1 aliphatic rings. The van der Waals surface area contributed by atoms with Crippen molar-refractivity contribution in [2.24, 2.45) is 0 Å². The SMILES string of the molecule is Cc1c(N)cc(N2CCN(Cc3c(Cl)cccc3Cl)CC2)cc1[N+](=O)[O-]. The molecule has 2 aromatic rings. The first-order valence-corrected chi connectivity index (χ1v) is 9.07. The Morgan fingerprint density at radius 2 is 1.77 bits per heavy atom. The van der Waals surface area contributed by atoms with Crippen LogP contribution in [0.1, 0.15) is 11.1 Å². The molecule has 0 radical (unpaired) electrons. The van der Waals surface area contributed by atoms with E-state index in [-0.39, 0.29) is 10.6 Å². The number of nitrogen functional groups attached to an aromatic ring is 1. The van der Waals surface area contributed by atoms with Gasteiger partial charge in [-0.15, -0.1) is 0 Å². The second-order valence-corrected chi connectivity index (χ2v) is 7.21. The summed E-state index contributed by atoms with van der Waals surface area (Å²) in [5.41, 5.74) is 8.68. The van der Waals surface area contributed by atoms with E-state index < -0.39 is 0 Å². The highest BCUT2D eigenvalue weighted by Gasteiger charge is 2.22. The predicted molar refractivity (Wildman–Crippen MR) is 106 cm³/mol. The number of halogens is 2. The average molecular weight is 395 g/mol. The molecule has 1 aliphatic heterocycles. The summed E-state index contributed by atoms with van der Waals surface area (Å²) in [6.45, 7) is 5.47. The second kappa shape index (κ2) is 7.70. The lowest BCUT2D eigenvalue weighted by Crippen LogP contribution is -2.46. The van der Waals surface area contributed by atoms with Gasteiger partial charge in [0.15, 0.2) is 0 Å². The number of hydrogen-bond donors (Lipinski definition) is 1. The first-order valence-electron chi connectivity index (χ1n) is 8.31. The van der Waals surface area contributed by atoms with Gasteiger partial charge < -0.3 is 10.6 Å². The van der Waals surface area contributed by atoms with Crippen molar-refractivity contribution in [2.45, 2.75) is 13.5 Å². The Hall–Kier alpha value is -2.02. The molecule has 8 heteroatoms.